The normalized spacial score (nSPS) is 15.6. The van der Waals surface area contributed by atoms with Gasteiger partial charge in [0.1, 0.15) is 11.4 Å². The third kappa shape index (κ3) is 4.87. The average Bonchev–Trinajstić information content (AvgIpc) is 3.38. The van der Waals surface area contributed by atoms with Crippen LogP contribution < -0.4 is 0 Å². The van der Waals surface area contributed by atoms with E-state index >= 15 is 0 Å². The lowest BCUT2D eigenvalue weighted by molar-refractivity contribution is 0.0198. The number of amides is 1. The number of ether oxygens (including phenoxy) is 1. The highest BCUT2D eigenvalue weighted by Crippen LogP contribution is 2.30. The Hall–Kier alpha value is -3.49. The maximum Gasteiger partial charge on any atom is 0.410 e. The zero-order valence-corrected chi connectivity index (χ0v) is 18.4. The molecule has 0 N–H and O–H groups in total. The van der Waals surface area contributed by atoms with Crippen molar-refractivity contribution < 1.29 is 18.4 Å². The number of likely N-dealkylation sites (tertiary alicyclic amines) is 1. The van der Waals surface area contributed by atoms with Gasteiger partial charge in [-0.15, -0.1) is 0 Å². The molecule has 0 atom stereocenters. The van der Waals surface area contributed by atoms with E-state index < -0.39 is 11.4 Å². The summed E-state index contributed by atoms with van der Waals surface area (Å²) in [5.41, 5.74) is 1.05. The maximum absolute atomic E-state index is 13.0. The van der Waals surface area contributed by atoms with E-state index in [2.05, 4.69) is 21.8 Å². The molecule has 4 rings (SSSR count). The molecule has 0 aliphatic carbocycles. The standard InChI is InChI=1S/C23H26FN5O3/c1-15(24)7-12-29-19-13-17(5-6-18(19)14-25-29)20-26-21(32-27-20)16-8-10-28(11-9-16)22(30)31-23(2,3)4/h5-7,12-14,16H,1,8-11H2,2-4H3/b12-7+. The number of fused-ring (bicyclic) bond motifs is 1. The first-order valence-corrected chi connectivity index (χ1v) is 10.5. The van der Waals surface area contributed by atoms with Crippen molar-refractivity contribution in [2.45, 2.75) is 45.1 Å². The Kier molecular flexibility index (Phi) is 5.82. The van der Waals surface area contributed by atoms with Crippen molar-refractivity contribution in [1.29, 1.82) is 0 Å². The van der Waals surface area contributed by atoms with Crippen LogP contribution in [0, 0.1) is 0 Å². The van der Waals surface area contributed by atoms with Crippen molar-refractivity contribution in [2.24, 2.45) is 0 Å². The molecule has 2 aromatic heterocycles. The van der Waals surface area contributed by atoms with Crippen molar-refractivity contribution in [3.8, 4) is 11.4 Å². The van der Waals surface area contributed by atoms with Crippen LogP contribution in [-0.2, 0) is 4.74 Å². The Balaban J connectivity index is 1.46. The van der Waals surface area contributed by atoms with Gasteiger partial charge < -0.3 is 14.2 Å². The fraction of sp³-hybridized carbons (Fsp3) is 0.391. The second kappa shape index (κ2) is 8.57. The number of aromatic nitrogens is 4. The van der Waals surface area contributed by atoms with Crippen LogP contribution in [0.1, 0.15) is 45.4 Å². The first-order valence-electron chi connectivity index (χ1n) is 10.5. The third-order valence-electron chi connectivity index (χ3n) is 5.19. The number of allylic oxidation sites excluding steroid dienone is 2. The zero-order valence-electron chi connectivity index (χ0n) is 18.4. The predicted octanol–water partition coefficient (Wildman–Crippen LogP) is 5.15. The molecule has 168 valence electrons. The molecule has 0 bridgehead atoms. The van der Waals surface area contributed by atoms with Crippen LogP contribution >= 0.6 is 0 Å². The number of rotatable bonds is 4. The molecule has 32 heavy (non-hydrogen) atoms. The van der Waals surface area contributed by atoms with E-state index in [0.717, 1.165) is 29.3 Å². The average molecular weight is 439 g/mol. The number of piperidine rings is 1. The molecule has 1 aliphatic heterocycles. The van der Waals surface area contributed by atoms with Crippen LogP contribution in [0.15, 0.2) is 47.4 Å². The minimum Gasteiger partial charge on any atom is -0.444 e. The van der Waals surface area contributed by atoms with Crippen molar-refractivity contribution in [3.05, 3.63) is 48.8 Å². The van der Waals surface area contributed by atoms with Crippen LogP contribution in [0.5, 0.6) is 0 Å². The Bertz CT molecular complexity index is 1170. The molecule has 0 spiro atoms. The van der Waals surface area contributed by atoms with Crippen LogP contribution in [0.25, 0.3) is 28.5 Å². The lowest BCUT2D eigenvalue weighted by Gasteiger charge is -2.32. The summed E-state index contributed by atoms with van der Waals surface area (Å²) in [7, 11) is 0. The highest BCUT2D eigenvalue weighted by molar-refractivity contribution is 5.84. The number of carbonyl (C=O) groups excluding carboxylic acids is 1. The lowest BCUT2D eigenvalue weighted by Crippen LogP contribution is -2.41. The molecule has 1 amide bonds. The first-order chi connectivity index (χ1) is 15.2. The van der Waals surface area contributed by atoms with E-state index in [4.69, 9.17) is 9.26 Å². The Labute approximate surface area is 185 Å². The Morgan fingerprint density at radius 3 is 2.75 bits per heavy atom. The van der Waals surface area contributed by atoms with Crippen molar-refractivity contribution in [3.63, 3.8) is 0 Å². The molecule has 1 fully saturated rings. The minimum atomic E-state index is -0.551. The van der Waals surface area contributed by atoms with Crippen LogP contribution in [0.3, 0.4) is 0 Å². The first kappa shape index (κ1) is 21.7. The van der Waals surface area contributed by atoms with Gasteiger partial charge in [-0.1, -0.05) is 23.9 Å². The molecule has 0 radical (unpaired) electrons. The predicted molar refractivity (Wildman–Crippen MR) is 118 cm³/mol. The summed E-state index contributed by atoms with van der Waals surface area (Å²) in [4.78, 5) is 18.6. The molecule has 9 heteroatoms. The van der Waals surface area contributed by atoms with Gasteiger partial charge in [-0.25, -0.2) is 13.9 Å². The monoisotopic (exact) mass is 439 g/mol. The largest absolute Gasteiger partial charge is 0.444 e. The Morgan fingerprint density at radius 2 is 2.06 bits per heavy atom. The number of hydrogen-bond donors (Lipinski definition) is 0. The van der Waals surface area contributed by atoms with E-state index in [1.165, 1.54) is 12.3 Å². The molecule has 0 unspecified atom stereocenters. The number of benzene rings is 1. The fourth-order valence-corrected chi connectivity index (χ4v) is 3.60. The third-order valence-corrected chi connectivity index (χ3v) is 5.19. The summed E-state index contributed by atoms with van der Waals surface area (Å²) >= 11 is 0. The van der Waals surface area contributed by atoms with Gasteiger partial charge in [-0.2, -0.15) is 10.1 Å². The zero-order chi connectivity index (χ0) is 22.9. The van der Waals surface area contributed by atoms with Gasteiger partial charge in [0.25, 0.3) is 0 Å². The summed E-state index contributed by atoms with van der Waals surface area (Å²) in [6.45, 7) is 9.95. The second-order valence-electron chi connectivity index (χ2n) is 8.82. The quantitative estimate of drug-likeness (QED) is 0.522. The van der Waals surface area contributed by atoms with Gasteiger partial charge in [-0.05, 0) is 45.8 Å². The maximum atomic E-state index is 13.0. The van der Waals surface area contributed by atoms with Crippen LogP contribution in [-0.4, -0.2) is 49.6 Å². The van der Waals surface area contributed by atoms with Crippen molar-refractivity contribution >= 4 is 23.2 Å². The second-order valence-corrected chi connectivity index (χ2v) is 8.82. The van der Waals surface area contributed by atoms with Gasteiger partial charge in [0.05, 0.1) is 11.7 Å². The molecule has 1 saturated heterocycles. The highest BCUT2D eigenvalue weighted by Gasteiger charge is 2.30. The summed E-state index contributed by atoms with van der Waals surface area (Å²) in [5, 5.41) is 9.29. The topological polar surface area (TPSA) is 86.3 Å². The van der Waals surface area contributed by atoms with E-state index in [9.17, 15) is 9.18 Å². The fourth-order valence-electron chi connectivity index (χ4n) is 3.60. The van der Waals surface area contributed by atoms with E-state index in [0.29, 0.717) is 24.8 Å². The molecule has 1 aromatic carbocycles. The molecule has 3 heterocycles. The van der Waals surface area contributed by atoms with Gasteiger partial charge in [0.15, 0.2) is 0 Å². The number of hydrogen-bond acceptors (Lipinski definition) is 6. The summed E-state index contributed by atoms with van der Waals surface area (Å²) in [5.74, 6) is 0.571. The SMILES string of the molecule is C=C(F)/C=C/n1ncc2ccc(-c3noc(C4CCN(C(=O)OC(C)(C)C)CC4)n3)cc21. The minimum absolute atomic E-state index is 0.0858. The number of nitrogens with zero attached hydrogens (tertiary/aromatic N) is 5. The highest BCUT2D eigenvalue weighted by atomic mass is 19.1. The van der Waals surface area contributed by atoms with E-state index in [1.807, 2.05) is 39.0 Å². The van der Waals surface area contributed by atoms with Gasteiger partial charge >= 0.3 is 6.09 Å². The lowest BCUT2D eigenvalue weighted by atomic mass is 9.97. The summed E-state index contributed by atoms with van der Waals surface area (Å²) in [6, 6.07) is 5.68. The van der Waals surface area contributed by atoms with Gasteiger partial charge in [-0.3, -0.25) is 0 Å². The molecule has 3 aromatic rings. The molecule has 1 aliphatic rings. The Morgan fingerprint density at radius 1 is 1.31 bits per heavy atom. The summed E-state index contributed by atoms with van der Waals surface area (Å²) < 4.78 is 25.5. The number of halogens is 1. The molecular weight excluding hydrogens is 413 g/mol. The van der Waals surface area contributed by atoms with E-state index in [1.54, 1.807) is 15.8 Å². The van der Waals surface area contributed by atoms with Crippen molar-refractivity contribution in [1.82, 2.24) is 24.8 Å². The van der Waals surface area contributed by atoms with Gasteiger partial charge in [0, 0.05) is 36.2 Å². The van der Waals surface area contributed by atoms with Crippen molar-refractivity contribution in [2.75, 3.05) is 13.1 Å². The van der Waals surface area contributed by atoms with Crippen LogP contribution in [0.4, 0.5) is 9.18 Å². The molecular formula is C23H26FN5O3. The molecule has 0 saturated carbocycles. The number of carbonyl (C=O) groups is 1. The smallest absolute Gasteiger partial charge is 0.410 e. The van der Waals surface area contributed by atoms with Crippen LogP contribution in [0.2, 0.25) is 0 Å². The van der Waals surface area contributed by atoms with E-state index in [-0.39, 0.29) is 12.0 Å². The molecule has 8 nitrogen and oxygen atoms in total. The summed E-state index contributed by atoms with van der Waals surface area (Å²) in [6.07, 6.45) is 5.61. The van der Waals surface area contributed by atoms with Gasteiger partial charge in [0.2, 0.25) is 11.7 Å².